The highest BCUT2D eigenvalue weighted by Crippen LogP contribution is 2.35. The van der Waals surface area contributed by atoms with Crippen molar-refractivity contribution in [1.82, 2.24) is 4.90 Å². The Kier molecular flexibility index (Phi) is 6.79. The van der Waals surface area contributed by atoms with Gasteiger partial charge in [0.15, 0.2) is 0 Å². The molecular weight excluding hydrogens is 370 g/mol. The predicted octanol–water partition coefficient (Wildman–Crippen LogP) is 3.12. The first-order chi connectivity index (χ1) is 11.5. The van der Waals surface area contributed by atoms with Crippen molar-refractivity contribution in [3.8, 4) is 0 Å². The fourth-order valence-electron chi connectivity index (χ4n) is 2.00. The zero-order valence-electron chi connectivity index (χ0n) is 13.2. The highest BCUT2D eigenvalue weighted by molar-refractivity contribution is 8.26. The van der Waals surface area contributed by atoms with Gasteiger partial charge in [-0.15, -0.1) is 0 Å². The predicted molar refractivity (Wildman–Crippen MR) is 98.8 cm³/mol. The Morgan fingerprint density at radius 3 is 2.79 bits per heavy atom. The van der Waals surface area contributed by atoms with Crippen LogP contribution in [0.1, 0.15) is 12.5 Å². The molecule has 1 saturated heterocycles. The normalized spacial score (nSPS) is 17.5. The molecule has 1 aromatic carbocycles. The van der Waals surface area contributed by atoms with Gasteiger partial charge in [0.2, 0.25) is 0 Å². The van der Waals surface area contributed by atoms with Crippen LogP contribution in [0.25, 0.3) is 6.08 Å². The first-order valence-corrected chi connectivity index (χ1v) is 8.73. The van der Waals surface area contributed by atoms with Crippen molar-refractivity contribution >= 4 is 57.9 Å². The third-order valence-corrected chi connectivity index (χ3v) is 4.95. The van der Waals surface area contributed by atoms with Crippen molar-refractivity contribution in [2.24, 2.45) is 0 Å². The van der Waals surface area contributed by atoms with Gasteiger partial charge in [0.05, 0.1) is 11.5 Å². The highest BCUT2D eigenvalue weighted by atomic mass is 35.5. The zero-order chi connectivity index (χ0) is 17.7. The monoisotopic (exact) mass is 385 g/mol. The number of thioether (sulfide) groups is 1. The van der Waals surface area contributed by atoms with Gasteiger partial charge < -0.3 is 9.47 Å². The number of thiocarbonyl (C=S) groups is 1. The van der Waals surface area contributed by atoms with Crippen LogP contribution in [0.4, 0.5) is 0 Å². The Bertz CT molecular complexity index is 692. The third-order valence-electron chi connectivity index (χ3n) is 3.28. The van der Waals surface area contributed by atoms with E-state index in [1.54, 1.807) is 25.1 Å². The first kappa shape index (κ1) is 18.9. The van der Waals surface area contributed by atoms with Crippen LogP contribution in [0.3, 0.4) is 0 Å². The van der Waals surface area contributed by atoms with E-state index in [-0.39, 0.29) is 12.5 Å². The molecule has 0 saturated carbocycles. The topological polar surface area (TPSA) is 55.8 Å². The lowest BCUT2D eigenvalue weighted by Gasteiger charge is -2.21. The number of methoxy groups -OCH3 is 1. The number of nitrogens with zero attached hydrogens (tertiary/aromatic N) is 1. The summed E-state index contributed by atoms with van der Waals surface area (Å²) in [5.41, 5.74) is 0.718. The van der Waals surface area contributed by atoms with Gasteiger partial charge in [-0.1, -0.05) is 53.8 Å². The van der Waals surface area contributed by atoms with Crippen LogP contribution >= 0.6 is 35.6 Å². The molecule has 1 fully saturated rings. The van der Waals surface area contributed by atoms with Gasteiger partial charge in [0.1, 0.15) is 17.0 Å². The van der Waals surface area contributed by atoms with Gasteiger partial charge >= 0.3 is 5.97 Å². The maximum Gasteiger partial charge on any atom is 0.329 e. The van der Waals surface area contributed by atoms with E-state index in [4.69, 9.17) is 33.3 Å². The maximum absolute atomic E-state index is 12.6. The van der Waals surface area contributed by atoms with Crippen molar-refractivity contribution in [2.75, 3.05) is 20.3 Å². The summed E-state index contributed by atoms with van der Waals surface area (Å²) >= 11 is 12.5. The van der Waals surface area contributed by atoms with E-state index in [0.717, 1.165) is 17.3 Å². The van der Waals surface area contributed by atoms with Crippen molar-refractivity contribution in [3.63, 3.8) is 0 Å². The van der Waals surface area contributed by atoms with Crippen LogP contribution in [0.5, 0.6) is 0 Å². The van der Waals surface area contributed by atoms with E-state index in [2.05, 4.69) is 0 Å². The molecule has 0 radical (unpaired) electrons. The molecule has 0 N–H and O–H groups in total. The zero-order valence-corrected chi connectivity index (χ0v) is 15.5. The molecule has 0 unspecified atom stereocenters. The van der Waals surface area contributed by atoms with Crippen LogP contribution in [-0.2, 0) is 19.1 Å². The molecule has 0 bridgehead atoms. The molecule has 128 valence electrons. The summed E-state index contributed by atoms with van der Waals surface area (Å²) in [6.45, 7) is 2.01. The summed E-state index contributed by atoms with van der Waals surface area (Å²) in [6.07, 6.45) is 1.67. The van der Waals surface area contributed by atoms with Crippen LogP contribution in [0.15, 0.2) is 29.2 Å². The van der Waals surface area contributed by atoms with Gasteiger partial charge in [-0.2, -0.15) is 0 Å². The van der Waals surface area contributed by atoms with Crippen molar-refractivity contribution in [2.45, 2.75) is 13.0 Å². The molecule has 1 aliphatic heterocycles. The lowest BCUT2D eigenvalue weighted by molar-refractivity contribution is -0.151. The van der Waals surface area contributed by atoms with E-state index in [1.165, 1.54) is 12.0 Å². The number of hydrogen-bond acceptors (Lipinski definition) is 6. The Hall–Kier alpha value is -1.41. The standard InChI is InChI=1S/C16H16ClNO4S2/c1-10(15(20)22-8-7-21-2)18-14(19)13(24-16(18)23)9-11-5-3-4-6-12(11)17/h3-6,9-10H,7-8H2,1-2H3/b13-9-/t10-/m1/s1. The highest BCUT2D eigenvalue weighted by Gasteiger charge is 2.38. The van der Waals surface area contributed by atoms with E-state index >= 15 is 0 Å². The molecule has 1 amide bonds. The molecular formula is C16H16ClNO4S2. The SMILES string of the molecule is COCCOC(=O)[C@@H](C)N1C(=O)/C(=C/c2ccccc2Cl)SC1=S. The van der Waals surface area contributed by atoms with Crippen LogP contribution in [0.2, 0.25) is 5.02 Å². The Labute approximate surface area is 154 Å². The second-order valence-corrected chi connectivity index (χ2v) is 6.99. The van der Waals surface area contributed by atoms with Crippen LogP contribution in [0, 0.1) is 0 Å². The summed E-state index contributed by atoms with van der Waals surface area (Å²) in [4.78, 5) is 26.3. The minimum atomic E-state index is -0.800. The number of rotatable bonds is 6. The molecule has 1 aromatic rings. The van der Waals surface area contributed by atoms with Gasteiger partial charge in [-0.05, 0) is 24.6 Å². The minimum absolute atomic E-state index is 0.129. The van der Waals surface area contributed by atoms with Crippen LogP contribution in [-0.4, -0.2) is 47.5 Å². The van der Waals surface area contributed by atoms with Crippen molar-refractivity contribution in [1.29, 1.82) is 0 Å². The van der Waals surface area contributed by atoms with Gasteiger partial charge in [-0.25, -0.2) is 4.79 Å². The van der Waals surface area contributed by atoms with Crippen LogP contribution < -0.4 is 0 Å². The molecule has 2 rings (SSSR count). The summed E-state index contributed by atoms with van der Waals surface area (Å²) in [7, 11) is 1.51. The molecule has 0 spiro atoms. The van der Waals surface area contributed by atoms with Crippen molar-refractivity contribution < 1.29 is 19.1 Å². The fraction of sp³-hybridized carbons (Fsp3) is 0.312. The van der Waals surface area contributed by atoms with Gasteiger partial charge in [-0.3, -0.25) is 9.69 Å². The molecule has 5 nitrogen and oxygen atoms in total. The number of halogens is 1. The number of amides is 1. The third kappa shape index (κ3) is 4.36. The number of carbonyl (C=O) groups is 2. The molecule has 8 heteroatoms. The van der Waals surface area contributed by atoms with E-state index in [0.29, 0.717) is 20.9 Å². The summed E-state index contributed by atoms with van der Waals surface area (Å²) in [5, 5.41) is 0.537. The number of ether oxygens (including phenoxy) is 2. The summed E-state index contributed by atoms with van der Waals surface area (Å²) < 4.78 is 10.2. The molecule has 1 atom stereocenters. The Morgan fingerprint density at radius 1 is 1.42 bits per heavy atom. The van der Waals surface area contributed by atoms with E-state index in [9.17, 15) is 9.59 Å². The average molecular weight is 386 g/mol. The molecule has 24 heavy (non-hydrogen) atoms. The van der Waals surface area contributed by atoms with Gasteiger partial charge in [0, 0.05) is 12.1 Å². The molecule has 0 aliphatic carbocycles. The summed E-state index contributed by atoms with van der Waals surface area (Å²) in [5.74, 6) is -0.858. The van der Waals surface area contributed by atoms with E-state index < -0.39 is 12.0 Å². The Balaban J connectivity index is 2.14. The molecule has 1 aliphatic rings. The second-order valence-electron chi connectivity index (χ2n) is 4.91. The lowest BCUT2D eigenvalue weighted by Crippen LogP contribution is -2.42. The molecule has 0 aromatic heterocycles. The number of benzene rings is 1. The maximum atomic E-state index is 12.6. The quantitative estimate of drug-likeness (QED) is 0.324. The second kappa shape index (κ2) is 8.62. The number of esters is 1. The lowest BCUT2D eigenvalue weighted by atomic mass is 10.2. The van der Waals surface area contributed by atoms with Gasteiger partial charge in [0.25, 0.3) is 5.91 Å². The Morgan fingerprint density at radius 2 is 2.12 bits per heavy atom. The van der Waals surface area contributed by atoms with E-state index in [1.807, 2.05) is 12.1 Å². The average Bonchev–Trinajstić information content (AvgIpc) is 2.83. The minimum Gasteiger partial charge on any atom is -0.462 e. The summed E-state index contributed by atoms with van der Waals surface area (Å²) in [6, 6.07) is 6.38. The van der Waals surface area contributed by atoms with Crippen molar-refractivity contribution in [3.05, 3.63) is 39.8 Å². The fourth-order valence-corrected chi connectivity index (χ4v) is 3.60. The molecule has 1 heterocycles. The number of carbonyl (C=O) groups excluding carboxylic acids is 2. The smallest absolute Gasteiger partial charge is 0.329 e. The number of hydrogen-bond donors (Lipinski definition) is 0. The largest absolute Gasteiger partial charge is 0.462 e. The first-order valence-electron chi connectivity index (χ1n) is 7.13.